The van der Waals surface area contributed by atoms with Crippen LogP contribution in [0.5, 0.6) is 0 Å². The molecule has 2 aliphatic rings. The molecule has 6 nitrogen and oxygen atoms in total. The molecule has 0 spiro atoms. The fourth-order valence-corrected chi connectivity index (χ4v) is 4.62. The number of carbonyl (C=O) groups is 2. The molecular weight excluding hydrogens is 342 g/mol. The smallest absolute Gasteiger partial charge is 0.253 e. The second-order valence-electron chi connectivity index (χ2n) is 7.80. The topological polar surface area (TPSA) is 62.7 Å². The Morgan fingerprint density at radius 3 is 2.85 bits per heavy atom. The number of benzene rings is 1. The highest BCUT2D eigenvalue weighted by atomic mass is 16.5. The fourth-order valence-electron chi connectivity index (χ4n) is 4.62. The van der Waals surface area contributed by atoms with E-state index in [-0.39, 0.29) is 23.1 Å². The van der Waals surface area contributed by atoms with E-state index in [9.17, 15) is 9.59 Å². The SMILES string of the molecule is COCC12CCN(C(=O)c3ccc4ncccc4c3)CC1CN(C(C)=O)C2. The Hall–Kier alpha value is -2.47. The minimum atomic E-state index is -0.0372. The van der Waals surface area contributed by atoms with Gasteiger partial charge in [-0.25, -0.2) is 0 Å². The zero-order chi connectivity index (χ0) is 19.0. The van der Waals surface area contributed by atoms with E-state index in [4.69, 9.17) is 4.74 Å². The van der Waals surface area contributed by atoms with Gasteiger partial charge in [0.05, 0.1) is 12.1 Å². The van der Waals surface area contributed by atoms with Crippen LogP contribution in [0.1, 0.15) is 23.7 Å². The van der Waals surface area contributed by atoms with Gasteiger partial charge in [0.1, 0.15) is 0 Å². The Balaban J connectivity index is 1.55. The number of likely N-dealkylation sites (tertiary alicyclic amines) is 2. The molecule has 0 saturated carbocycles. The number of pyridine rings is 1. The van der Waals surface area contributed by atoms with Gasteiger partial charge < -0.3 is 14.5 Å². The molecule has 1 aromatic carbocycles. The maximum Gasteiger partial charge on any atom is 0.253 e. The molecule has 0 N–H and O–H groups in total. The van der Waals surface area contributed by atoms with Gasteiger partial charge in [0.25, 0.3) is 5.91 Å². The second-order valence-corrected chi connectivity index (χ2v) is 7.80. The summed E-state index contributed by atoms with van der Waals surface area (Å²) >= 11 is 0. The van der Waals surface area contributed by atoms with E-state index in [1.54, 1.807) is 20.2 Å². The third-order valence-electron chi connectivity index (χ3n) is 6.15. The van der Waals surface area contributed by atoms with Crippen molar-refractivity contribution >= 4 is 22.7 Å². The van der Waals surface area contributed by atoms with Crippen LogP contribution in [-0.4, -0.2) is 66.5 Å². The Labute approximate surface area is 159 Å². The van der Waals surface area contributed by atoms with Gasteiger partial charge in [0, 0.05) is 68.7 Å². The largest absolute Gasteiger partial charge is 0.384 e. The molecular formula is C21H25N3O3. The first-order valence-electron chi connectivity index (χ1n) is 9.41. The first-order chi connectivity index (χ1) is 13.0. The summed E-state index contributed by atoms with van der Waals surface area (Å²) in [5.41, 5.74) is 1.54. The van der Waals surface area contributed by atoms with Crippen LogP contribution in [0.2, 0.25) is 0 Å². The van der Waals surface area contributed by atoms with Crippen LogP contribution in [0, 0.1) is 11.3 Å². The summed E-state index contributed by atoms with van der Waals surface area (Å²) in [5.74, 6) is 0.397. The normalized spacial score (nSPS) is 24.9. The average molecular weight is 367 g/mol. The Bertz CT molecular complexity index is 884. The number of methoxy groups -OCH3 is 1. The van der Waals surface area contributed by atoms with Crippen LogP contribution in [-0.2, 0) is 9.53 Å². The van der Waals surface area contributed by atoms with Crippen molar-refractivity contribution in [2.45, 2.75) is 13.3 Å². The lowest BCUT2D eigenvalue weighted by molar-refractivity contribution is -0.128. The van der Waals surface area contributed by atoms with Crippen molar-refractivity contribution in [2.24, 2.45) is 11.3 Å². The molecule has 0 bridgehead atoms. The lowest BCUT2D eigenvalue weighted by Crippen LogP contribution is -2.50. The zero-order valence-corrected chi connectivity index (χ0v) is 15.9. The second kappa shape index (κ2) is 6.93. The summed E-state index contributed by atoms with van der Waals surface area (Å²) in [6.45, 7) is 5.02. The van der Waals surface area contributed by atoms with Crippen LogP contribution < -0.4 is 0 Å². The number of hydrogen-bond donors (Lipinski definition) is 0. The van der Waals surface area contributed by atoms with E-state index in [0.29, 0.717) is 31.8 Å². The molecule has 142 valence electrons. The number of hydrogen-bond acceptors (Lipinski definition) is 4. The molecule has 27 heavy (non-hydrogen) atoms. The summed E-state index contributed by atoms with van der Waals surface area (Å²) in [6.07, 6.45) is 2.61. The van der Waals surface area contributed by atoms with Crippen molar-refractivity contribution in [1.29, 1.82) is 0 Å². The molecule has 2 saturated heterocycles. The highest BCUT2D eigenvalue weighted by molar-refractivity contribution is 5.98. The maximum atomic E-state index is 13.1. The first-order valence-corrected chi connectivity index (χ1v) is 9.41. The zero-order valence-electron chi connectivity index (χ0n) is 15.9. The maximum absolute atomic E-state index is 13.1. The first kappa shape index (κ1) is 17.9. The quantitative estimate of drug-likeness (QED) is 0.834. The predicted molar refractivity (Wildman–Crippen MR) is 102 cm³/mol. The van der Waals surface area contributed by atoms with E-state index >= 15 is 0 Å². The van der Waals surface area contributed by atoms with Gasteiger partial charge in [-0.05, 0) is 30.7 Å². The molecule has 3 heterocycles. The Kier molecular flexibility index (Phi) is 4.60. The highest BCUT2D eigenvalue weighted by Gasteiger charge is 2.50. The third-order valence-corrected chi connectivity index (χ3v) is 6.15. The van der Waals surface area contributed by atoms with Gasteiger partial charge in [-0.15, -0.1) is 0 Å². The number of ether oxygens (including phenoxy) is 1. The minimum absolute atomic E-state index is 0.0372. The lowest BCUT2D eigenvalue weighted by Gasteiger charge is -2.43. The van der Waals surface area contributed by atoms with Crippen molar-refractivity contribution in [1.82, 2.24) is 14.8 Å². The van der Waals surface area contributed by atoms with Gasteiger partial charge >= 0.3 is 0 Å². The molecule has 0 aliphatic carbocycles. The molecule has 2 fully saturated rings. The highest BCUT2D eigenvalue weighted by Crippen LogP contribution is 2.43. The monoisotopic (exact) mass is 367 g/mol. The van der Waals surface area contributed by atoms with Gasteiger partial charge in [0.2, 0.25) is 5.91 Å². The number of rotatable bonds is 3. The Morgan fingerprint density at radius 2 is 2.07 bits per heavy atom. The number of fused-ring (bicyclic) bond motifs is 2. The van der Waals surface area contributed by atoms with Crippen LogP contribution in [0.3, 0.4) is 0 Å². The number of piperidine rings is 1. The average Bonchev–Trinajstić information content (AvgIpc) is 3.06. The van der Waals surface area contributed by atoms with Crippen molar-refractivity contribution in [3.8, 4) is 0 Å². The molecule has 1 aromatic heterocycles. The molecule has 2 aromatic rings. The minimum Gasteiger partial charge on any atom is -0.384 e. The van der Waals surface area contributed by atoms with Gasteiger partial charge in [-0.3, -0.25) is 14.6 Å². The summed E-state index contributed by atoms with van der Waals surface area (Å²) in [4.78, 5) is 33.1. The number of aromatic nitrogens is 1. The van der Waals surface area contributed by atoms with E-state index < -0.39 is 0 Å². The summed E-state index contributed by atoms with van der Waals surface area (Å²) < 4.78 is 5.49. The van der Waals surface area contributed by atoms with E-state index in [0.717, 1.165) is 23.9 Å². The van der Waals surface area contributed by atoms with Gasteiger partial charge in [0.15, 0.2) is 0 Å². The molecule has 2 amide bonds. The molecule has 2 unspecified atom stereocenters. The molecule has 2 atom stereocenters. The van der Waals surface area contributed by atoms with Gasteiger partial charge in [-0.1, -0.05) is 6.07 Å². The van der Waals surface area contributed by atoms with E-state index in [1.807, 2.05) is 40.1 Å². The number of nitrogens with zero attached hydrogens (tertiary/aromatic N) is 3. The van der Waals surface area contributed by atoms with Crippen LogP contribution in [0.15, 0.2) is 36.5 Å². The molecule has 0 radical (unpaired) electrons. The molecule has 4 rings (SSSR count). The fraction of sp³-hybridized carbons (Fsp3) is 0.476. The molecule has 6 heteroatoms. The van der Waals surface area contributed by atoms with Crippen molar-refractivity contribution in [3.63, 3.8) is 0 Å². The third kappa shape index (κ3) is 3.18. The van der Waals surface area contributed by atoms with Crippen molar-refractivity contribution < 1.29 is 14.3 Å². The van der Waals surface area contributed by atoms with E-state index in [2.05, 4.69) is 4.98 Å². The van der Waals surface area contributed by atoms with Crippen LogP contribution >= 0.6 is 0 Å². The summed E-state index contributed by atoms with van der Waals surface area (Å²) in [5, 5.41) is 0.970. The Morgan fingerprint density at radius 1 is 1.26 bits per heavy atom. The van der Waals surface area contributed by atoms with Crippen molar-refractivity contribution in [3.05, 3.63) is 42.1 Å². The standard InChI is InChI=1S/C21H25N3O3/c1-15(25)24-12-18-11-23(9-7-21(18,13-24)14-27-2)20(26)17-5-6-19-16(10-17)4-3-8-22-19/h3-6,8,10,18H,7,9,11-14H2,1-2H3. The number of carbonyl (C=O) groups excluding carboxylic acids is 2. The summed E-state index contributed by atoms with van der Waals surface area (Å²) in [7, 11) is 1.71. The van der Waals surface area contributed by atoms with Crippen LogP contribution in [0.4, 0.5) is 0 Å². The summed E-state index contributed by atoms with van der Waals surface area (Å²) in [6, 6.07) is 9.52. The van der Waals surface area contributed by atoms with Gasteiger partial charge in [-0.2, -0.15) is 0 Å². The lowest BCUT2D eigenvalue weighted by atomic mass is 9.73. The molecule has 2 aliphatic heterocycles. The van der Waals surface area contributed by atoms with Crippen molar-refractivity contribution in [2.75, 3.05) is 39.9 Å². The van der Waals surface area contributed by atoms with E-state index in [1.165, 1.54) is 0 Å². The van der Waals surface area contributed by atoms with Crippen LogP contribution in [0.25, 0.3) is 10.9 Å². The predicted octanol–water partition coefficient (Wildman–Crippen LogP) is 2.19. The number of amides is 2.